The monoisotopic (exact) mass is 470 g/mol. The Morgan fingerprint density at radius 2 is 1.92 bits per heavy atom. The van der Waals surface area contributed by atoms with E-state index in [4.69, 9.17) is 9.47 Å². The lowest BCUT2D eigenvalue weighted by Gasteiger charge is -2.34. The highest BCUT2D eigenvalue weighted by Crippen LogP contribution is 2.14. The van der Waals surface area contributed by atoms with Crippen molar-refractivity contribution in [2.45, 2.75) is 45.1 Å². The van der Waals surface area contributed by atoms with E-state index >= 15 is 0 Å². The molecule has 0 aromatic carbocycles. The van der Waals surface area contributed by atoms with Crippen LogP contribution < -0.4 is 5.32 Å². The van der Waals surface area contributed by atoms with Crippen LogP contribution in [0.25, 0.3) is 0 Å². The summed E-state index contributed by atoms with van der Waals surface area (Å²) in [4.78, 5) is 9.16. The molecule has 0 aromatic heterocycles. The van der Waals surface area contributed by atoms with E-state index in [2.05, 4.69) is 34.1 Å². The van der Waals surface area contributed by atoms with Gasteiger partial charge < -0.3 is 24.6 Å². The Bertz CT molecular complexity index is 337. The molecule has 25 heavy (non-hydrogen) atoms. The zero-order valence-electron chi connectivity index (χ0n) is 16.6. The van der Waals surface area contributed by atoms with Crippen LogP contribution in [-0.2, 0) is 9.47 Å². The van der Waals surface area contributed by atoms with Gasteiger partial charge in [0.2, 0.25) is 0 Å². The number of piperidine rings is 1. The first-order chi connectivity index (χ1) is 11.7. The minimum absolute atomic E-state index is 0. The molecule has 0 unspecified atom stereocenters. The van der Waals surface area contributed by atoms with E-state index in [1.54, 1.807) is 7.11 Å². The number of hydrogen-bond donors (Lipinski definition) is 1. The molecule has 0 spiro atoms. The van der Waals surface area contributed by atoms with Gasteiger partial charge in [-0.1, -0.05) is 13.3 Å². The fraction of sp³-hybridized carbons (Fsp3) is 0.944. The minimum atomic E-state index is 0. The Labute approximate surface area is 171 Å². The molecule has 1 N–H and O–H groups in total. The van der Waals surface area contributed by atoms with E-state index in [-0.39, 0.29) is 24.0 Å². The molecule has 1 fully saturated rings. The van der Waals surface area contributed by atoms with Crippen molar-refractivity contribution < 1.29 is 9.47 Å². The molecule has 0 atom stereocenters. The lowest BCUT2D eigenvalue weighted by atomic mass is 10.1. The van der Waals surface area contributed by atoms with E-state index in [0.29, 0.717) is 6.10 Å². The van der Waals surface area contributed by atoms with E-state index in [1.807, 2.05) is 7.05 Å². The van der Waals surface area contributed by atoms with Crippen molar-refractivity contribution in [3.05, 3.63) is 0 Å². The number of rotatable bonds is 11. The standard InChI is InChI=1S/C18H38N4O2.HI/c1-5-6-11-21(3)14-10-20-18(19-2)22-12-8-17(9-13-22)24-16-7-15-23-4;/h17H,5-16H2,1-4H3,(H,19,20);1H. The van der Waals surface area contributed by atoms with Gasteiger partial charge in [0.1, 0.15) is 0 Å². The second-order valence-corrected chi connectivity index (χ2v) is 6.53. The summed E-state index contributed by atoms with van der Waals surface area (Å²) in [7, 11) is 5.79. The Kier molecular flexibility index (Phi) is 16.0. The van der Waals surface area contributed by atoms with Crippen LogP contribution in [0.5, 0.6) is 0 Å². The van der Waals surface area contributed by atoms with Gasteiger partial charge in [0.05, 0.1) is 6.10 Å². The molecule has 1 saturated heterocycles. The van der Waals surface area contributed by atoms with E-state index < -0.39 is 0 Å². The topological polar surface area (TPSA) is 49.3 Å². The van der Waals surface area contributed by atoms with Crippen molar-refractivity contribution in [1.29, 1.82) is 0 Å². The van der Waals surface area contributed by atoms with Crippen LogP contribution in [0.1, 0.15) is 39.0 Å². The fourth-order valence-electron chi connectivity index (χ4n) is 2.92. The molecule has 0 amide bonds. The third kappa shape index (κ3) is 11.2. The van der Waals surface area contributed by atoms with E-state index in [9.17, 15) is 0 Å². The summed E-state index contributed by atoms with van der Waals surface area (Å²) >= 11 is 0. The van der Waals surface area contributed by atoms with Gasteiger partial charge in [-0.3, -0.25) is 4.99 Å². The minimum Gasteiger partial charge on any atom is -0.385 e. The number of likely N-dealkylation sites (N-methyl/N-ethyl adjacent to an activating group) is 1. The number of hydrogen-bond acceptors (Lipinski definition) is 4. The van der Waals surface area contributed by atoms with Crippen LogP contribution in [0.4, 0.5) is 0 Å². The van der Waals surface area contributed by atoms with Crippen molar-refractivity contribution in [1.82, 2.24) is 15.1 Å². The Morgan fingerprint density at radius 3 is 2.52 bits per heavy atom. The highest BCUT2D eigenvalue weighted by molar-refractivity contribution is 14.0. The molecule has 6 nitrogen and oxygen atoms in total. The van der Waals surface area contributed by atoms with Crippen LogP contribution >= 0.6 is 24.0 Å². The summed E-state index contributed by atoms with van der Waals surface area (Å²) in [5.41, 5.74) is 0. The number of likely N-dealkylation sites (tertiary alicyclic amines) is 1. The van der Waals surface area contributed by atoms with Gasteiger partial charge >= 0.3 is 0 Å². The van der Waals surface area contributed by atoms with Crippen LogP contribution in [0, 0.1) is 0 Å². The average molecular weight is 470 g/mol. The van der Waals surface area contributed by atoms with Crippen LogP contribution in [0.3, 0.4) is 0 Å². The summed E-state index contributed by atoms with van der Waals surface area (Å²) in [6, 6.07) is 0. The van der Waals surface area contributed by atoms with Gasteiger partial charge in [-0.2, -0.15) is 0 Å². The molecule has 1 aliphatic heterocycles. The normalized spacial score (nSPS) is 16.2. The van der Waals surface area contributed by atoms with Crippen LogP contribution in [0.15, 0.2) is 4.99 Å². The maximum atomic E-state index is 5.92. The number of nitrogens with one attached hydrogen (secondary N) is 1. The fourth-order valence-corrected chi connectivity index (χ4v) is 2.92. The molecule has 0 aliphatic carbocycles. The van der Waals surface area contributed by atoms with E-state index in [1.165, 1.54) is 19.4 Å². The highest BCUT2D eigenvalue weighted by atomic mass is 127. The van der Waals surface area contributed by atoms with Gasteiger partial charge in [0.25, 0.3) is 0 Å². The van der Waals surface area contributed by atoms with Crippen LogP contribution in [-0.4, -0.2) is 89.0 Å². The summed E-state index contributed by atoms with van der Waals surface area (Å²) in [6.45, 7) is 9.01. The van der Waals surface area contributed by atoms with Gasteiger partial charge in [-0.15, -0.1) is 24.0 Å². The molecule has 1 aliphatic rings. The maximum Gasteiger partial charge on any atom is 0.193 e. The number of guanidine groups is 1. The zero-order valence-corrected chi connectivity index (χ0v) is 19.0. The lowest BCUT2D eigenvalue weighted by molar-refractivity contribution is 0.00990. The average Bonchev–Trinajstić information content (AvgIpc) is 2.61. The lowest BCUT2D eigenvalue weighted by Crippen LogP contribution is -2.48. The predicted molar refractivity (Wildman–Crippen MR) is 116 cm³/mol. The molecule has 0 aromatic rings. The molecule has 1 heterocycles. The van der Waals surface area contributed by atoms with Crippen molar-refractivity contribution in [3.8, 4) is 0 Å². The van der Waals surface area contributed by atoms with Gasteiger partial charge in [0.15, 0.2) is 5.96 Å². The number of unbranched alkanes of at least 4 members (excludes halogenated alkanes) is 1. The predicted octanol–water partition coefficient (Wildman–Crippen LogP) is 2.43. The first-order valence-electron chi connectivity index (χ1n) is 9.46. The third-order valence-corrected chi connectivity index (χ3v) is 4.47. The number of methoxy groups -OCH3 is 1. The van der Waals surface area contributed by atoms with Crippen LogP contribution in [0.2, 0.25) is 0 Å². The molecular weight excluding hydrogens is 431 g/mol. The van der Waals surface area contributed by atoms with Gasteiger partial charge in [-0.05, 0) is 39.3 Å². The van der Waals surface area contributed by atoms with Crippen molar-refractivity contribution in [2.75, 3.05) is 67.1 Å². The van der Waals surface area contributed by atoms with Gasteiger partial charge in [0, 0.05) is 53.6 Å². The van der Waals surface area contributed by atoms with Crippen molar-refractivity contribution in [2.24, 2.45) is 4.99 Å². The molecule has 150 valence electrons. The number of halogens is 1. The van der Waals surface area contributed by atoms with Crippen molar-refractivity contribution >= 4 is 29.9 Å². The summed E-state index contributed by atoms with van der Waals surface area (Å²) < 4.78 is 11.0. The first kappa shape index (κ1) is 24.9. The highest BCUT2D eigenvalue weighted by Gasteiger charge is 2.21. The molecular formula is C18H39IN4O2. The first-order valence-corrected chi connectivity index (χ1v) is 9.46. The largest absolute Gasteiger partial charge is 0.385 e. The molecule has 0 bridgehead atoms. The number of nitrogens with zero attached hydrogens (tertiary/aromatic N) is 3. The smallest absolute Gasteiger partial charge is 0.193 e. The van der Waals surface area contributed by atoms with E-state index in [0.717, 1.165) is 64.6 Å². The Hall–Kier alpha value is -0.120. The zero-order chi connectivity index (χ0) is 17.6. The summed E-state index contributed by atoms with van der Waals surface area (Å²) in [6.07, 6.45) is 6.03. The SMILES string of the molecule is CCCCN(C)CCNC(=NC)N1CCC(OCCCOC)CC1.I. The Balaban J connectivity index is 0.00000576. The summed E-state index contributed by atoms with van der Waals surface area (Å²) in [5.74, 6) is 1.02. The second kappa shape index (κ2) is 16.1. The van der Waals surface area contributed by atoms with Gasteiger partial charge in [-0.25, -0.2) is 0 Å². The number of ether oxygens (including phenoxy) is 2. The quantitative estimate of drug-likeness (QED) is 0.218. The molecule has 1 rings (SSSR count). The molecule has 0 saturated carbocycles. The Morgan fingerprint density at radius 1 is 1.20 bits per heavy atom. The summed E-state index contributed by atoms with van der Waals surface area (Å²) in [5, 5.41) is 3.50. The maximum absolute atomic E-state index is 5.92. The number of aliphatic imine (C=N–C) groups is 1. The second-order valence-electron chi connectivity index (χ2n) is 6.53. The molecule has 7 heteroatoms. The molecule has 0 radical (unpaired) electrons. The third-order valence-electron chi connectivity index (χ3n) is 4.47. The van der Waals surface area contributed by atoms with Crippen molar-refractivity contribution in [3.63, 3.8) is 0 Å².